The minimum atomic E-state index is 0.563. The van der Waals surface area contributed by atoms with Crippen molar-refractivity contribution in [1.29, 1.82) is 0 Å². The maximum absolute atomic E-state index is 5.39. The Morgan fingerprint density at radius 1 is 1.29 bits per heavy atom. The molecular weight excluding hydrogens is 214 g/mol. The van der Waals surface area contributed by atoms with E-state index in [1.165, 1.54) is 5.57 Å². The van der Waals surface area contributed by atoms with Gasteiger partial charge >= 0.3 is 0 Å². The zero-order valence-corrected chi connectivity index (χ0v) is 10.3. The zero-order chi connectivity index (χ0) is 11.9. The maximum Gasteiger partial charge on any atom is 0.115 e. The summed E-state index contributed by atoms with van der Waals surface area (Å²) in [5.74, 6) is 1.46. The van der Waals surface area contributed by atoms with Crippen LogP contribution in [0.4, 0.5) is 0 Å². The van der Waals surface area contributed by atoms with Crippen molar-refractivity contribution in [1.82, 2.24) is 0 Å². The van der Waals surface area contributed by atoms with Crippen LogP contribution in [0.25, 0.3) is 0 Å². The van der Waals surface area contributed by atoms with Gasteiger partial charge in [-0.3, -0.25) is 4.99 Å². The molecule has 0 aromatic heterocycles. The summed E-state index contributed by atoms with van der Waals surface area (Å²) in [6.45, 7) is 1.71. The average Bonchev–Trinajstić information content (AvgIpc) is 2.51. The molecule has 0 aromatic rings. The van der Waals surface area contributed by atoms with Gasteiger partial charge in [0.1, 0.15) is 5.76 Å². The van der Waals surface area contributed by atoms with E-state index < -0.39 is 0 Å². The summed E-state index contributed by atoms with van der Waals surface area (Å²) < 4.78 is 10.7. The SMILES string of the molecule is COC1=CCC=N/C=C(/C2CCOCC2)C=C1. The fourth-order valence-corrected chi connectivity index (χ4v) is 2.08. The van der Waals surface area contributed by atoms with Crippen molar-refractivity contribution in [2.75, 3.05) is 20.3 Å². The maximum atomic E-state index is 5.39. The molecule has 0 aromatic carbocycles. The van der Waals surface area contributed by atoms with Crippen molar-refractivity contribution < 1.29 is 9.47 Å². The largest absolute Gasteiger partial charge is 0.497 e. The molecule has 0 spiro atoms. The molecule has 2 rings (SSSR count). The number of aliphatic imine (C=N–C) groups is 1. The molecule has 17 heavy (non-hydrogen) atoms. The van der Waals surface area contributed by atoms with Crippen molar-refractivity contribution >= 4 is 6.21 Å². The molecule has 0 saturated carbocycles. The molecule has 2 aliphatic heterocycles. The van der Waals surface area contributed by atoms with Crippen molar-refractivity contribution in [2.45, 2.75) is 19.3 Å². The fraction of sp³-hybridized carbons (Fsp3) is 0.500. The lowest BCUT2D eigenvalue weighted by Gasteiger charge is -2.22. The first kappa shape index (κ1) is 12.1. The first-order valence-electron chi connectivity index (χ1n) is 6.12. The molecule has 0 aliphatic carbocycles. The third-order valence-corrected chi connectivity index (χ3v) is 3.12. The van der Waals surface area contributed by atoms with Crippen LogP contribution in [-0.2, 0) is 9.47 Å². The number of rotatable bonds is 2. The minimum absolute atomic E-state index is 0.563. The highest BCUT2D eigenvalue weighted by Gasteiger charge is 2.16. The van der Waals surface area contributed by atoms with Crippen LogP contribution in [0.2, 0.25) is 0 Å². The number of allylic oxidation sites excluding steroid dienone is 4. The van der Waals surface area contributed by atoms with E-state index in [2.05, 4.69) is 11.1 Å². The summed E-state index contributed by atoms with van der Waals surface area (Å²) in [6, 6.07) is 0. The minimum Gasteiger partial charge on any atom is -0.497 e. The molecule has 2 heterocycles. The third kappa shape index (κ3) is 3.56. The highest BCUT2D eigenvalue weighted by Crippen LogP contribution is 2.25. The monoisotopic (exact) mass is 233 g/mol. The van der Waals surface area contributed by atoms with Crippen LogP contribution >= 0.6 is 0 Å². The van der Waals surface area contributed by atoms with Crippen LogP contribution in [0.1, 0.15) is 19.3 Å². The normalized spacial score (nSPS) is 25.2. The summed E-state index contributed by atoms with van der Waals surface area (Å²) in [5.41, 5.74) is 1.27. The molecular formula is C14H19NO2. The molecule has 0 atom stereocenters. The van der Waals surface area contributed by atoms with Gasteiger partial charge in [0.15, 0.2) is 0 Å². The lowest BCUT2D eigenvalue weighted by atomic mass is 9.91. The Bertz CT molecular complexity index is 360. The van der Waals surface area contributed by atoms with Gasteiger partial charge in [-0.2, -0.15) is 0 Å². The lowest BCUT2D eigenvalue weighted by Crippen LogP contribution is -2.16. The summed E-state index contributed by atoms with van der Waals surface area (Å²) in [7, 11) is 1.70. The van der Waals surface area contributed by atoms with Gasteiger partial charge in [0.2, 0.25) is 0 Å². The van der Waals surface area contributed by atoms with Gasteiger partial charge in [-0.1, -0.05) is 6.08 Å². The van der Waals surface area contributed by atoms with Crippen LogP contribution < -0.4 is 0 Å². The van der Waals surface area contributed by atoms with E-state index in [0.29, 0.717) is 5.92 Å². The highest BCUT2D eigenvalue weighted by molar-refractivity contribution is 5.61. The molecule has 0 bridgehead atoms. The van der Waals surface area contributed by atoms with Gasteiger partial charge in [-0.05, 0) is 36.5 Å². The zero-order valence-electron chi connectivity index (χ0n) is 10.3. The Morgan fingerprint density at radius 3 is 2.88 bits per heavy atom. The first-order valence-corrected chi connectivity index (χ1v) is 6.12. The molecule has 0 N–H and O–H groups in total. The molecule has 92 valence electrons. The summed E-state index contributed by atoms with van der Waals surface area (Å²) in [4.78, 5) is 4.34. The summed E-state index contributed by atoms with van der Waals surface area (Å²) >= 11 is 0. The second-order valence-corrected chi connectivity index (χ2v) is 4.23. The van der Waals surface area contributed by atoms with Crippen LogP contribution in [0.5, 0.6) is 0 Å². The number of ether oxygens (including phenoxy) is 2. The smallest absolute Gasteiger partial charge is 0.115 e. The van der Waals surface area contributed by atoms with Crippen molar-refractivity contribution in [3.05, 3.63) is 35.8 Å². The van der Waals surface area contributed by atoms with Gasteiger partial charge < -0.3 is 9.47 Å². The molecule has 0 unspecified atom stereocenters. The van der Waals surface area contributed by atoms with E-state index in [9.17, 15) is 0 Å². The third-order valence-electron chi connectivity index (χ3n) is 3.12. The number of hydrogen-bond donors (Lipinski definition) is 0. The first-order chi connectivity index (χ1) is 8.40. The number of nitrogens with zero attached hydrogens (tertiary/aromatic N) is 1. The van der Waals surface area contributed by atoms with Gasteiger partial charge in [0, 0.05) is 32.0 Å². The number of hydrogen-bond acceptors (Lipinski definition) is 3. The van der Waals surface area contributed by atoms with Crippen LogP contribution in [0.3, 0.4) is 0 Å². The Balaban J connectivity index is 2.13. The van der Waals surface area contributed by atoms with E-state index in [-0.39, 0.29) is 0 Å². The Morgan fingerprint density at radius 2 is 2.12 bits per heavy atom. The predicted molar refractivity (Wildman–Crippen MR) is 69.0 cm³/mol. The van der Waals surface area contributed by atoms with E-state index in [0.717, 1.165) is 38.2 Å². The lowest BCUT2D eigenvalue weighted by molar-refractivity contribution is 0.0765. The molecule has 3 nitrogen and oxygen atoms in total. The molecule has 1 fully saturated rings. The highest BCUT2D eigenvalue weighted by atomic mass is 16.5. The molecule has 0 amide bonds. The molecule has 1 saturated heterocycles. The van der Waals surface area contributed by atoms with Gasteiger partial charge in [-0.25, -0.2) is 0 Å². The van der Waals surface area contributed by atoms with E-state index in [1.807, 2.05) is 24.6 Å². The predicted octanol–water partition coefficient (Wildman–Crippen LogP) is 2.86. The van der Waals surface area contributed by atoms with Gasteiger partial charge in [0.25, 0.3) is 0 Å². The fourth-order valence-electron chi connectivity index (χ4n) is 2.08. The summed E-state index contributed by atoms with van der Waals surface area (Å²) in [6.07, 6.45) is 13.0. The van der Waals surface area contributed by atoms with E-state index >= 15 is 0 Å². The van der Waals surface area contributed by atoms with Gasteiger partial charge in [0.05, 0.1) is 7.11 Å². The van der Waals surface area contributed by atoms with Crippen LogP contribution in [-0.4, -0.2) is 26.5 Å². The average molecular weight is 233 g/mol. The van der Waals surface area contributed by atoms with Gasteiger partial charge in [-0.15, -0.1) is 0 Å². The van der Waals surface area contributed by atoms with E-state index in [4.69, 9.17) is 9.47 Å². The second-order valence-electron chi connectivity index (χ2n) is 4.23. The number of methoxy groups -OCH3 is 1. The molecule has 0 radical (unpaired) electrons. The van der Waals surface area contributed by atoms with Crippen LogP contribution in [0.15, 0.2) is 40.8 Å². The molecule has 3 heteroatoms. The Hall–Kier alpha value is -1.35. The standard InChI is InChI=1S/C14H19NO2/c1-16-14-3-2-8-15-11-13(4-5-14)12-6-9-17-10-7-12/h3-5,8,11-12H,2,6-7,9-10H2,1H3/b5-4?,13-11+,14-3?,15-8?. The van der Waals surface area contributed by atoms with Crippen LogP contribution in [0, 0.1) is 5.92 Å². The van der Waals surface area contributed by atoms with Crippen molar-refractivity contribution in [2.24, 2.45) is 10.9 Å². The Labute approximate surface area is 103 Å². The topological polar surface area (TPSA) is 30.8 Å². The second kappa shape index (κ2) is 6.40. The van der Waals surface area contributed by atoms with Crippen molar-refractivity contribution in [3.63, 3.8) is 0 Å². The quantitative estimate of drug-likeness (QED) is 0.734. The summed E-state index contributed by atoms with van der Waals surface area (Å²) in [5, 5.41) is 0. The Kier molecular flexibility index (Phi) is 4.56. The molecule has 2 aliphatic rings. The van der Waals surface area contributed by atoms with Crippen molar-refractivity contribution in [3.8, 4) is 0 Å². The van der Waals surface area contributed by atoms with E-state index in [1.54, 1.807) is 7.11 Å².